The molecule has 24 heavy (non-hydrogen) atoms. The first kappa shape index (κ1) is 18.3. The van der Waals surface area contributed by atoms with Crippen LogP contribution in [0.3, 0.4) is 0 Å². The van der Waals surface area contributed by atoms with E-state index in [-0.39, 0.29) is 5.69 Å². The summed E-state index contributed by atoms with van der Waals surface area (Å²) in [6.45, 7) is 2.37. The average Bonchev–Trinajstić information content (AvgIpc) is 2.45. The van der Waals surface area contributed by atoms with Gasteiger partial charge in [-0.2, -0.15) is 13.2 Å². The van der Waals surface area contributed by atoms with Crippen LogP contribution in [-0.2, 0) is 22.6 Å². The number of rotatable bonds is 5. The number of hydrogen-bond donors (Lipinski definition) is 2. The molecule has 4 nitrogen and oxygen atoms in total. The number of hydrogen-bond acceptors (Lipinski definition) is 3. The molecule has 8 heteroatoms. The Kier molecular flexibility index (Phi) is 5.19. The standard InChI is InChI=1S/C16H17F3N2O2S/c1-11-3-2-4-12(9-11)7-8-21-13-5-6-15(24(20,22)23)14(10-13)16(17,18)19/h2-6,9-10,21H,7-8H2,1H3,(H2,20,22,23). The summed E-state index contributed by atoms with van der Waals surface area (Å²) < 4.78 is 61.7. The summed E-state index contributed by atoms with van der Waals surface area (Å²) in [7, 11) is -4.45. The zero-order chi connectivity index (χ0) is 18.0. The molecule has 2 aromatic carbocycles. The minimum atomic E-state index is -4.81. The number of halogens is 3. The van der Waals surface area contributed by atoms with E-state index in [9.17, 15) is 21.6 Å². The summed E-state index contributed by atoms with van der Waals surface area (Å²) in [5, 5.41) is 7.71. The van der Waals surface area contributed by atoms with Gasteiger partial charge in [-0.15, -0.1) is 0 Å². The molecule has 0 aliphatic rings. The van der Waals surface area contributed by atoms with E-state index < -0.39 is 26.7 Å². The lowest BCUT2D eigenvalue weighted by Crippen LogP contribution is -2.19. The Hall–Kier alpha value is -2.06. The smallest absolute Gasteiger partial charge is 0.385 e. The zero-order valence-corrected chi connectivity index (χ0v) is 13.7. The minimum absolute atomic E-state index is 0.183. The predicted molar refractivity (Wildman–Crippen MR) is 86.2 cm³/mol. The van der Waals surface area contributed by atoms with E-state index in [1.54, 1.807) is 0 Å². The highest BCUT2D eigenvalue weighted by molar-refractivity contribution is 7.89. The van der Waals surface area contributed by atoms with Crippen molar-refractivity contribution in [3.63, 3.8) is 0 Å². The molecular weight excluding hydrogens is 341 g/mol. The summed E-state index contributed by atoms with van der Waals surface area (Å²) in [6.07, 6.45) is -4.18. The molecule has 0 radical (unpaired) electrons. The Morgan fingerprint density at radius 1 is 1.12 bits per heavy atom. The molecule has 130 valence electrons. The molecule has 0 bridgehead atoms. The van der Waals surface area contributed by atoms with Gasteiger partial charge in [-0.3, -0.25) is 0 Å². The topological polar surface area (TPSA) is 72.2 Å². The molecule has 0 amide bonds. The minimum Gasteiger partial charge on any atom is -0.385 e. The number of benzene rings is 2. The summed E-state index contributed by atoms with van der Waals surface area (Å²) in [4.78, 5) is -0.931. The normalized spacial score (nSPS) is 12.2. The van der Waals surface area contributed by atoms with Gasteiger partial charge < -0.3 is 5.32 Å². The second kappa shape index (κ2) is 6.82. The molecule has 0 unspecified atom stereocenters. The molecule has 3 N–H and O–H groups in total. The Balaban J connectivity index is 2.17. The number of aryl methyl sites for hydroxylation is 1. The van der Waals surface area contributed by atoms with Crippen molar-refractivity contribution in [2.45, 2.75) is 24.4 Å². The van der Waals surface area contributed by atoms with E-state index in [1.807, 2.05) is 31.2 Å². The van der Waals surface area contributed by atoms with Crippen molar-refractivity contribution in [1.82, 2.24) is 0 Å². The van der Waals surface area contributed by atoms with Crippen molar-refractivity contribution >= 4 is 15.7 Å². The van der Waals surface area contributed by atoms with Crippen LogP contribution >= 0.6 is 0 Å². The fraction of sp³-hybridized carbons (Fsp3) is 0.250. The molecule has 0 atom stereocenters. The average molecular weight is 358 g/mol. The molecule has 0 fully saturated rings. The molecule has 0 saturated heterocycles. The van der Waals surface area contributed by atoms with E-state index >= 15 is 0 Å². The third-order valence-electron chi connectivity index (χ3n) is 3.42. The molecule has 0 aromatic heterocycles. The number of anilines is 1. The molecule has 0 saturated carbocycles. The number of sulfonamides is 1. The van der Waals surface area contributed by atoms with Gasteiger partial charge in [0.15, 0.2) is 0 Å². The maximum absolute atomic E-state index is 13.0. The van der Waals surface area contributed by atoms with Gasteiger partial charge in [0, 0.05) is 12.2 Å². The maximum atomic E-state index is 13.0. The molecular formula is C16H17F3N2O2S. The Morgan fingerprint density at radius 3 is 2.42 bits per heavy atom. The third-order valence-corrected chi connectivity index (χ3v) is 4.39. The van der Waals surface area contributed by atoms with E-state index in [0.29, 0.717) is 13.0 Å². The van der Waals surface area contributed by atoms with Crippen LogP contribution in [0.2, 0.25) is 0 Å². The van der Waals surface area contributed by atoms with Gasteiger partial charge in [0.1, 0.15) is 0 Å². The van der Waals surface area contributed by atoms with Crippen molar-refractivity contribution in [3.8, 4) is 0 Å². The fourth-order valence-electron chi connectivity index (χ4n) is 2.33. The van der Waals surface area contributed by atoms with E-state index in [1.165, 1.54) is 6.07 Å². The largest absolute Gasteiger partial charge is 0.417 e. The van der Waals surface area contributed by atoms with E-state index in [0.717, 1.165) is 23.3 Å². The first-order valence-electron chi connectivity index (χ1n) is 7.11. The molecule has 2 rings (SSSR count). The van der Waals surface area contributed by atoms with E-state index in [4.69, 9.17) is 5.14 Å². The maximum Gasteiger partial charge on any atom is 0.417 e. The third kappa shape index (κ3) is 4.72. The van der Waals surface area contributed by atoms with Crippen molar-refractivity contribution in [2.75, 3.05) is 11.9 Å². The fourth-order valence-corrected chi connectivity index (χ4v) is 3.07. The lowest BCUT2D eigenvalue weighted by Gasteiger charge is -2.14. The van der Waals surface area contributed by atoms with Gasteiger partial charge in [-0.25, -0.2) is 13.6 Å². The zero-order valence-electron chi connectivity index (χ0n) is 12.9. The van der Waals surface area contributed by atoms with E-state index in [2.05, 4.69) is 5.32 Å². The number of alkyl halides is 3. The molecule has 0 aliphatic carbocycles. The number of nitrogens with two attached hydrogens (primary N) is 1. The van der Waals surface area contributed by atoms with Gasteiger partial charge in [-0.05, 0) is 37.1 Å². The Bertz CT molecular complexity index is 833. The van der Waals surface area contributed by atoms with Crippen molar-refractivity contribution in [2.24, 2.45) is 5.14 Å². The first-order valence-corrected chi connectivity index (χ1v) is 8.65. The highest BCUT2D eigenvalue weighted by Gasteiger charge is 2.36. The van der Waals surface area contributed by atoms with Crippen LogP contribution in [0.25, 0.3) is 0 Å². The summed E-state index contributed by atoms with van der Waals surface area (Å²) in [5.41, 5.74) is 1.07. The molecule has 0 spiro atoms. The summed E-state index contributed by atoms with van der Waals surface area (Å²) >= 11 is 0. The highest BCUT2D eigenvalue weighted by atomic mass is 32.2. The van der Waals surface area contributed by atoms with Crippen LogP contribution in [0.15, 0.2) is 47.4 Å². The second-order valence-electron chi connectivity index (χ2n) is 5.42. The number of primary sulfonamides is 1. The van der Waals surface area contributed by atoms with Crippen LogP contribution < -0.4 is 10.5 Å². The lowest BCUT2D eigenvalue weighted by molar-refractivity contribution is -0.139. The SMILES string of the molecule is Cc1cccc(CCNc2ccc(S(N)(=O)=O)c(C(F)(F)F)c2)c1. The van der Waals surface area contributed by atoms with Crippen LogP contribution in [-0.4, -0.2) is 15.0 Å². The van der Waals surface area contributed by atoms with Gasteiger partial charge in [0.2, 0.25) is 10.0 Å². The van der Waals surface area contributed by atoms with Crippen molar-refractivity contribution in [1.29, 1.82) is 0 Å². The summed E-state index contributed by atoms with van der Waals surface area (Å²) in [6, 6.07) is 10.7. The van der Waals surface area contributed by atoms with Gasteiger partial charge in [-0.1, -0.05) is 29.8 Å². The van der Waals surface area contributed by atoms with Crippen molar-refractivity contribution in [3.05, 3.63) is 59.2 Å². The molecule has 0 aliphatic heterocycles. The highest BCUT2D eigenvalue weighted by Crippen LogP contribution is 2.35. The summed E-state index contributed by atoms with van der Waals surface area (Å²) in [5.74, 6) is 0. The Labute approximate surface area is 138 Å². The van der Waals surface area contributed by atoms with Crippen molar-refractivity contribution < 1.29 is 21.6 Å². The quantitative estimate of drug-likeness (QED) is 0.861. The number of nitrogens with one attached hydrogen (secondary N) is 1. The van der Waals surface area contributed by atoms with Crippen LogP contribution in [0.5, 0.6) is 0 Å². The Morgan fingerprint density at radius 2 is 1.83 bits per heavy atom. The molecule has 0 heterocycles. The predicted octanol–water partition coefficient (Wildman–Crippen LogP) is 3.32. The van der Waals surface area contributed by atoms with Crippen LogP contribution in [0.1, 0.15) is 16.7 Å². The van der Waals surface area contributed by atoms with Gasteiger partial charge >= 0.3 is 6.18 Å². The monoisotopic (exact) mass is 358 g/mol. The van der Waals surface area contributed by atoms with Crippen LogP contribution in [0, 0.1) is 6.92 Å². The first-order chi connectivity index (χ1) is 11.1. The molecule has 2 aromatic rings. The van der Waals surface area contributed by atoms with Gasteiger partial charge in [0.25, 0.3) is 0 Å². The lowest BCUT2D eigenvalue weighted by atomic mass is 10.1. The van der Waals surface area contributed by atoms with Gasteiger partial charge in [0.05, 0.1) is 10.5 Å². The van der Waals surface area contributed by atoms with Crippen LogP contribution in [0.4, 0.5) is 18.9 Å². The second-order valence-corrected chi connectivity index (χ2v) is 6.95.